The van der Waals surface area contributed by atoms with Gasteiger partial charge in [0.25, 0.3) is 0 Å². The summed E-state index contributed by atoms with van der Waals surface area (Å²) in [5.74, 6) is -3.96. The van der Waals surface area contributed by atoms with Crippen molar-refractivity contribution in [1.82, 2.24) is 0 Å². The first-order valence-corrected chi connectivity index (χ1v) is 27.2. The van der Waals surface area contributed by atoms with Crippen molar-refractivity contribution in [3.05, 3.63) is 23.2 Å². The largest absolute Gasteiger partial charge is 0.502 e. The lowest BCUT2D eigenvalue weighted by Gasteiger charge is -2.72. The molecule has 5 aliphatic carbocycles. The zero-order valence-corrected chi connectivity index (χ0v) is 45.0. The van der Waals surface area contributed by atoms with Crippen molar-refractivity contribution in [2.45, 2.75) is 230 Å². The topological polar surface area (TPSA) is 368 Å². The Morgan fingerprint density at radius 1 is 0.649 bits per heavy atom. The van der Waals surface area contributed by atoms with Gasteiger partial charge in [0.2, 0.25) is 12.1 Å². The number of rotatable bonds is 12. The van der Waals surface area contributed by atoms with Gasteiger partial charge in [0.1, 0.15) is 66.8 Å². The zero-order valence-electron chi connectivity index (χ0n) is 45.0. The second-order valence-corrected chi connectivity index (χ2v) is 25.8. The van der Waals surface area contributed by atoms with E-state index in [1.807, 2.05) is 6.92 Å². The molecule has 26 atom stereocenters. The Bertz CT molecular complexity index is 2310. The summed E-state index contributed by atoms with van der Waals surface area (Å²) in [6, 6.07) is 0. The summed E-state index contributed by atoms with van der Waals surface area (Å²) in [6.07, 6.45) is -23.5. The molecule has 0 bridgehead atoms. The van der Waals surface area contributed by atoms with Crippen LogP contribution in [0, 0.1) is 50.2 Å². The average Bonchev–Trinajstić information content (AvgIpc) is 3.36. The van der Waals surface area contributed by atoms with Crippen molar-refractivity contribution >= 4 is 17.7 Å². The van der Waals surface area contributed by atoms with Gasteiger partial charge in [-0.15, -0.1) is 0 Å². The van der Waals surface area contributed by atoms with Crippen molar-refractivity contribution in [3.63, 3.8) is 0 Å². The first-order valence-electron chi connectivity index (χ1n) is 27.2. The predicted molar refractivity (Wildman–Crippen MR) is 261 cm³/mol. The summed E-state index contributed by atoms with van der Waals surface area (Å²) in [4.78, 5) is 37.6. The number of aliphatic carboxylic acids is 2. The molecule has 4 heterocycles. The SMILES string of the molecule is CC1=C(O)C(=O)C[C@@H](O[C@@H]2CC(C)(C)C[C@H]3C4=CC[C@@H]5[C@]6(C)CC[C@H](O[C@@H]7O[C@H](C(=O)O)[C@@H](O)[C@@H](O)[C@H]7O[C@@H]7O[C@@H](C(=O)O)[C@@H](O)[C@H](O)[C@@H]7O[C@@H]7O[C@@H](CO)[C@H](O)[C@H](O)[C@H]7O)[C@](C)(CO)[C@H]6CC[C@@]5(C)[C@@]4(C)CC[C@]23C)O1. The number of carbonyl (C=O) groups excluding carboxylic acids is 1. The molecule has 12 N–H and O–H groups in total. The predicted octanol–water partition coefficient (Wildman–Crippen LogP) is 0.899. The fourth-order valence-electron chi connectivity index (χ4n) is 16.3. The Hall–Kier alpha value is -2.95. The monoisotopic (exact) mass is 1100 g/mol. The first-order chi connectivity index (χ1) is 35.9. The summed E-state index contributed by atoms with van der Waals surface area (Å²) in [5.41, 5.74) is -0.811. The minimum atomic E-state index is -2.23. The van der Waals surface area contributed by atoms with Crippen LogP contribution in [0.15, 0.2) is 23.2 Å². The van der Waals surface area contributed by atoms with Gasteiger partial charge in [0, 0.05) is 10.8 Å². The fraction of sp³-hybridized carbons (Fsp3) is 0.870. The van der Waals surface area contributed by atoms with Crippen LogP contribution in [0.5, 0.6) is 0 Å². The van der Waals surface area contributed by atoms with E-state index in [0.29, 0.717) is 19.3 Å². The molecule has 3 saturated heterocycles. The molecular weight excluding hydrogens is 1020 g/mol. The zero-order chi connectivity index (χ0) is 56.4. The third-order valence-electron chi connectivity index (χ3n) is 21.0. The molecular formula is C54H82O23. The number of aliphatic hydroxyl groups is 10. The molecule has 436 valence electrons. The molecule has 9 rings (SSSR count). The number of ketones is 1. The number of fused-ring (bicyclic) bond motifs is 7. The average molecular weight is 1100 g/mol. The molecule has 77 heavy (non-hydrogen) atoms. The van der Waals surface area contributed by atoms with Gasteiger partial charge in [-0.05, 0) is 104 Å². The second kappa shape index (κ2) is 20.8. The maximum absolute atomic E-state index is 12.7. The lowest BCUT2D eigenvalue weighted by Crippen LogP contribution is -2.68. The van der Waals surface area contributed by atoms with Crippen LogP contribution in [-0.2, 0) is 52.3 Å². The maximum atomic E-state index is 12.7. The lowest BCUT2D eigenvalue weighted by molar-refractivity contribution is -0.394. The number of allylic oxidation sites excluding steroid dienone is 4. The number of carboxylic acid groups (broad SMARTS) is 2. The highest BCUT2D eigenvalue weighted by molar-refractivity contribution is 5.94. The highest BCUT2D eigenvalue weighted by atomic mass is 16.8. The van der Waals surface area contributed by atoms with E-state index in [1.165, 1.54) is 5.57 Å². The van der Waals surface area contributed by atoms with Gasteiger partial charge in [0.15, 0.2) is 36.8 Å². The van der Waals surface area contributed by atoms with E-state index in [0.717, 1.165) is 38.5 Å². The summed E-state index contributed by atoms with van der Waals surface area (Å²) in [6.45, 7) is 16.2. The lowest BCUT2D eigenvalue weighted by atomic mass is 9.33. The van der Waals surface area contributed by atoms with E-state index in [-0.39, 0.29) is 68.9 Å². The molecule has 4 saturated carbocycles. The minimum absolute atomic E-state index is 0.0659. The molecule has 0 amide bonds. The van der Waals surface area contributed by atoms with Gasteiger partial charge in [-0.3, -0.25) is 4.79 Å². The van der Waals surface area contributed by atoms with Crippen LogP contribution < -0.4 is 0 Å². The summed E-state index contributed by atoms with van der Waals surface area (Å²) in [5, 5.41) is 129. The summed E-state index contributed by atoms with van der Waals surface area (Å²) in [7, 11) is 0. The van der Waals surface area contributed by atoms with E-state index in [1.54, 1.807) is 6.92 Å². The van der Waals surface area contributed by atoms with Crippen molar-refractivity contribution in [3.8, 4) is 0 Å². The van der Waals surface area contributed by atoms with Gasteiger partial charge >= 0.3 is 11.9 Å². The second-order valence-electron chi connectivity index (χ2n) is 25.8. The normalized spacial score (nSPS) is 51.7. The molecule has 0 aromatic heterocycles. The molecule has 9 aliphatic rings. The number of ether oxygens (including phenoxy) is 8. The third-order valence-corrected chi connectivity index (χ3v) is 21.0. The van der Waals surface area contributed by atoms with E-state index in [4.69, 9.17) is 37.9 Å². The molecule has 7 fully saturated rings. The van der Waals surface area contributed by atoms with E-state index >= 15 is 0 Å². The molecule has 23 heteroatoms. The van der Waals surface area contributed by atoms with Crippen molar-refractivity contribution in [1.29, 1.82) is 0 Å². The number of aliphatic hydroxyl groups excluding tert-OH is 10. The van der Waals surface area contributed by atoms with Crippen molar-refractivity contribution < 1.29 is 114 Å². The number of Topliss-reactive ketones (excluding diaryl/α,β-unsaturated/α-hetero) is 1. The maximum Gasteiger partial charge on any atom is 0.335 e. The van der Waals surface area contributed by atoms with Gasteiger partial charge in [-0.1, -0.05) is 60.1 Å². The molecule has 0 spiro atoms. The number of carbonyl (C=O) groups is 3. The van der Waals surface area contributed by atoms with Gasteiger partial charge < -0.3 is 99.2 Å². The van der Waals surface area contributed by atoms with E-state index in [2.05, 4.69) is 47.6 Å². The Morgan fingerprint density at radius 3 is 1.82 bits per heavy atom. The standard InChI is InChI=1S/C54H82O23/c1-22-32(58)25(57)17-31(70-22)72-30-19-49(2,3)18-24-23-9-10-28-51(5)13-12-29(52(6,21-56)27(51)11-14-54(28,8)53(23,7)16-15-50(24,30)4)73-47-42(37(63)35(61)40(74-47)44(66)67)77-48-43(38(64)36(62)41(75-48)45(68)69)76-46-39(65)34(60)33(59)26(20-55)71-46/h9,24,26-31,33-43,46-48,55-56,58-65H,10-21H2,1-8H3,(H,66,67)(H,68,69)/t24-,26-,27-,28+,29-,30+,31+,33-,34-,35-,36-,37+,38-,39+,40-,41+,42+,43-,46-,47+,48-,50-,51+,52+,53-,54+/m0/s1. The number of hydrogen-bond acceptors (Lipinski definition) is 21. The highest BCUT2D eigenvalue weighted by Gasteiger charge is 2.70. The molecule has 23 nitrogen and oxygen atoms in total. The van der Waals surface area contributed by atoms with Gasteiger partial charge in [-0.25, -0.2) is 9.59 Å². The number of carboxylic acids is 2. The van der Waals surface area contributed by atoms with E-state index < -0.39 is 141 Å². The van der Waals surface area contributed by atoms with Crippen LogP contribution in [0.3, 0.4) is 0 Å². The van der Waals surface area contributed by atoms with Crippen LogP contribution in [0.2, 0.25) is 0 Å². The van der Waals surface area contributed by atoms with Crippen molar-refractivity contribution in [2.24, 2.45) is 50.2 Å². The van der Waals surface area contributed by atoms with Crippen LogP contribution in [0.25, 0.3) is 0 Å². The van der Waals surface area contributed by atoms with Gasteiger partial charge in [0.05, 0.1) is 31.8 Å². The summed E-state index contributed by atoms with van der Waals surface area (Å²) >= 11 is 0. The minimum Gasteiger partial charge on any atom is -0.502 e. The van der Waals surface area contributed by atoms with Crippen LogP contribution in [-0.4, -0.2) is 203 Å². The van der Waals surface area contributed by atoms with Gasteiger partial charge in [-0.2, -0.15) is 0 Å². The highest BCUT2D eigenvalue weighted by Crippen LogP contribution is 2.76. The quantitative estimate of drug-likeness (QED) is 0.0954. The fourth-order valence-corrected chi connectivity index (χ4v) is 16.3. The van der Waals surface area contributed by atoms with E-state index in [9.17, 15) is 75.7 Å². The smallest absolute Gasteiger partial charge is 0.335 e. The van der Waals surface area contributed by atoms with Crippen LogP contribution in [0.4, 0.5) is 0 Å². The molecule has 0 radical (unpaired) electrons. The van der Waals surface area contributed by atoms with Crippen LogP contribution in [0.1, 0.15) is 120 Å². The number of hydrogen-bond donors (Lipinski definition) is 12. The molecule has 0 aromatic carbocycles. The molecule has 0 aromatic rings. The molecule has 0 unspecified atom stereocenters. The van der Waals surface area contributed by atoms with Crippen molar-refractivity contribution in [2.75, 3.05) is 13.2 Å². The Balaban J connectivity index is 0.986. The Kier molecular flexibility index (Phi) is 15.8. The van der Waals surface area contributed by atoms with Crippen LogP contribution >= 0.6 is 0 Å². The Morgan fingerprint density at radius 2 is 1.25 bits per heavy atom. The first kappa shape index (κ1) is 58.7. The Labute approximate surface area is 447 Å². The third kappa shape index (κ3) is 9.50. The summed E-state index contributed by atoms with van der Waals surface area (Å²) < 4.78 is 48.3. The molecule has 4 aliphatic heterocycles.